The van der Waals surface area contributed by atoms with E-state index in [9.17, 15) is 9.90 Å². The monoisotopic (exact) mass is 487 g/mol. The average molecular weight is 488 g/mol. The van der Waals surface area contributed by atoms with Gasteiger partial charge in [-0.25, -0.2) is 9.97 Å². The topological polar surface area (TPSA) is 90.8 Å². The second-order valence-corrected chi connectivity index (χ2v) is 9.36. The molecule has 0 aliphatic carbocycles. The van der Waals surface area contributed by atoms with Crippen LogP contribution in [0.4, 0.5) is 11.5 Å². The van der Waals surface area contributed by atoms with Crippen LogP contribution in [0.15, 0.2) is 54.6 Å². The highest BCUT2D eigenvalue weighted by atomic mass is 16.5. The molecule has 8 heteroatoms. The van der Waals surface area contributed by atoms with Crippen molar-refractivity contribution in [2.45, 2.75) is 19.4 Å². The van der Waals surface area contributed by atoms with Gasteiger partial charge in [-0.3, -0.25) is 4.79 Å². The lowest BCUT2D eigenvalue weighted by Crippen LogP contribution is -2.39. The number of carbonyl (C=O) groups excluding carboxylic acids is 1. The van der Waals surface area contributed by atoms with Gasteiger partial charge in [0.2, 0.25) is 5.91 Å². The van der Waals surface area contributed by atoms with Gasteiger partial charge in [-0.2, -0.15) is 0 Å². The molecule has 1 amide bonds. The first-order chi connectivity index (χ1) is 17.6. The molecule has 0 bridgehead atoms. The lowest BCUT2D eigenvalue weighted by Gasteiger charge is -2.28. The molecule has 2 fully saturated rings. The number of morpholine rings is 1. The van der Waals surface area contributed by atoms with Gasteiger partial charge in [0.25, 0.3) is 0 Å². The number of benzene rings is 2. The minimum absolute atomic E-state index is 0.0384. The van der Waals surface area contributed by atoms with Gasteiger partial charge < -0.3 is 25.0 Å². The van der Waals surface area contributed by atoms with Crippen LogP contribution in [0, 0.1) is 5.92 Å². The number of aliphatic hydroxyl groups is 1. The first-order valence-electron chi connectivity index (χ1n) is 12.6. The van der Waals surface area contributed by atoms with Crippen molar-refractivity contribution in [2.75, 3.05) is 56.2 Å². The highest BCUT2D eigenvalue weighted by molar-refractivity contribution is 5.95. The molecule has 1 aromatic heterocycles. The van der Waals surface area contributed by atoms with Gasteiger partial charge >= 0.3 is 0 Å². The number of aliphatic hydroxyl groups excluding tert-OH is 1. The number of aromatic nitrogens is 2. The fraction of sp³-hybridized carbons (Fsp3) is 0.393. The third-order valence-corrected chi connectivity index (χ3v) is 6.96. The molecule has 2 aliphatic rings. The molecule has 36 heavy (non-hydrogen) atoms. The van der Waals surface area contributed by atoms with Crippen LogP contribution in [-0.2, 0) is 16.1 Å². The molecule has 2 aliphatic heterocycles. The molecular weight excluding hydrogens is 454 g/mol. The molecule has 3 aromatic rings. The summed E-state index contributed by atoms with van der Waals surface area (Å²) in [5.74, 6) is 1.66. The minimum Gasteiger partial charge on any atom is -0.392 e. The smallest absolute Gasteiger partial charge is 0.229 e. The molecule has 3 heterocycles. The van der Waals surface area contributed by atoms with Gasteiger partial charge in [-0.15, -0.1) is 0 Å². The predicted molar refractivity (Wildman–Crippen MR) is 141 cm³/mol. The highest BCUT2D eigenvalue weighted by Crippen LogP contribution is 2.30. The number of nitrogens with one attached hydrogen (secondary N) is 1. The summed E-state index contributed by atoms with van der Waals surface area (Å²) in [5.41, 5.74) is 4.24. The quantitative estimate of drug-likeness (QED) is 0.552. The summed E-state index contributed by atoms with van der Waals surface area (Å²) in [6.45, 7) is 4.58. The maximum atomic E-state index is 13.1. The van der Waals surface area contributed by atoms with Crippen molar-refractivity contribution >= 4 is 17.4 Å². The van der Waals surface area contributed by atoms with Crippen molar-refractivity contribution < 1.29 is 14.6 Å². The number of piperidine rings is 1. The van der Waals surface area contributed by atoms with Gasteiger partial charge in [0, 0.05) is 48.9 Å². The van der Waals surface area contributed by atoms with Gasteiger partial charge in [0.05, 0.1) is 25.5 Å². The van der Waals surface area contributed by atoms with Crippen molar-refractivity contribution in [2.24, 2.45) is 5.92 Å². The zero-order chi connectivity index (χ0) is 24.9. The standard InChI is InChI=1S/C28H33N5O3/c1-32(28(35)21-8-10-29-11-9-21)24-7-3-5-22(17-24)25-18-26(33-12-14-36-15-13-33)31-27(30-25)23-6-2-4-20(16-23)19-34/h2-7,16-18,21,29,34H,8-15,19H2,1H3. The number of rotatable bonds is 6. The molecule has 2 saturated heterocycles. The molecule has 0 unspecified atom stereocenters. The summed E-state index contributed by atoms with van der Waals surface area (Å²) >= 11 is 0. The fourth-order valence-electron chi connectivity index (χ4n) is 4.82. The summed E-state index contributed by atoms with van der Waals surface area (Å²) in [4.78, 5) is 26.9. The van der Waals surface area contributed by atoms with Crippen LogP contribution in [-0.4, -0.2) is 67.4 Å². The fourth-order valence-corrected chi connectivity index (χ4v) is 4.82. The summed E-state index contributed by atoms with van der Waals surface area (Å²) in [6, 6.07) is 17.7. The highest BCUT2D eigenvalue weighted by Gasteiger charge is 2.25. The van der Waals surface area contributed by atoms with Gasteiger partial charge in [-0.05, 0) is 49.7 Å². The van der Waals surface area contributed by atoms with E-state index in [2.05, 4.69) is 10.2 Å². The minimum atomic E-state index is -0.0384. The molecule has 8 nitrogen and oxygen atoms in total. The number of ether oxygens (including phenoxy) is 1. The van der Waals surface area contributed by atoms with E-state index in [1.807, 2.05) is 61.6 Å². The number of nitrogens with zero attached hydrogens (tertiary/aromatic N) is 4. The molecule has 0 saturated carbocycles. The number of amides is 1. The first kappa shape index (κ1) is 24.4. The molecule has 0 atom stereocenters. The van der Waals surface area contributed by atoms with Crippen molar-refractivity contribution in [3.8, 4) is 22.6 Å². The van der Waals surface area contributed by atoms with Crippen LogP contribution in [0.3, 0.4) is 0 Å². The van der Waals surface area contributed by atoms with Gasteiger partial charge in [0.1, 0.15) is 5.82 Å². The van der Waals surface area contributed by atoms with Crippen LogP contribution >= 0.6 is 0 Å². The van der Waals surface area contributed by atoms with E-state index in [1.165, 1.54) is 0 Å². The molecule has 0 radical (unpaired) electrons. The third kappa shape index (κ3) is 5.41. The molecule has 2 N–H and O–H groups in total. The van der Waals surface area contributed by atoms with Gasteiger partial charge in [0.15, 0.2) is 5.82 Å². The average Bonchev–Trinajstić information content (AvgIpc) is 2.97. The van der Waals surface area contributed by atoms with Crippen molar-refractivity contribution in [3.05, 3.63) is 60.2 Å². The lowest BCUT2D eigenvalue weighted by atomic mass is 9.96. The van der Waals surface area contributed by atoms with Crippen molar-refractivity contribution in [3.63, 3.8) is 0 Å². The Bertz CT molecular complexity index is 1210. The Kier molecular flexibility index (Phi) is 7.55. The predicted octanol–water partition coefficient (Wildman–Crippen LogP) is 3.10. The summed E-state index contributed by atoms with van der Waals surface area (Å²) in [6.07, 6.45) is 1.74. The van der Waals surface area contributed by atoms with Gasteiger partial charge in [-0.1, -0.05) is 30.3 Å². The number of hydrogen-bond acceptors (Lipinski definition) is 7. The molecule has 5 rings (SSSR count). The van der Waals surface area contributed by atoms with E-state index >= 15 is 0 Å². The third-order valence-electron chi connectivity index (χ3n) is 6.96. The summed E-state index contributed by atoms with van der Waals surface area (Å²) in [7, 11) is 1.86. The zero-order valence-electron chi connectivity index (χ0n) is 20.7. The summed E-state index contributed by atoms with van der Waals surface area (Å²) in [5, 5.41) is 12.9. The van der Waals surface area contributed by atoms with Crippen LogP contribution in [0.25, 0.3) is 22.6 Å². The Morgan fingerprint density at radius 1 is 1.06 bits per heavy atom. The Hall–Kier alpha value is -3.33. The van der Waals surface area contributed by atoms with Crippen LogP contribution < -0.4 is 15.1 Å². The Balaban J connectivity index is 1.51. The molecule has 2 aromatic carbocycles. The summed E-state index contributed by atoms with van der Waals surface area (Å²) < 4.78 is 5.54. The van der Waals surface area contributed by atoms with E-state index < -0.39 is 0 Å². The molecule has 188 valence electrons. The van der Waals surface area contributed by atoms with Crippen molar-refractivity contribution in [1.29, 1.82) is 0 Å². The Morgan fingerprint density at radius 2 is 1.81 bits per heavy atom. The van der Waals surface area contributed by atoms with Crippen LogP contribution in [0.5, 0.6) is 0 Å². The maximum Gasteiger partial charge on any atom is 0.229 e. The normalized spacial score (nSPS) is 16.7. The van der Waals surface area contributed by atoms with E-state index in [0.29, 0.717) is 19.0 Å². The van der Waals surface area contributed by atoms with E-state index in [4.69, 9.17) is 14.7 Å². The van der Waals surface area contributed by atoms with E-state index in [1.54, 1.807) is 4.90 Å². The SMILES string of the molecule is CN(C(=O)C1CCNCC1)c1cccc(-c2cc(N3CCOCC3)nc(-c3cccc(CO)c3)n2)c1. The number of carbonyl (C=O) groups is 1. The Labute approximate surface area is 211 Å². The second-order valence-electron chi connectivity index (χ2n) is 9.36. The zero-order valence-corrected chi connectivity index (χ0v) is 20.7. The number of anilines is 2. The van der Waals surface area contributed by atoms with Crippen LogP contribution in [0.2, 0.25) is 0 Å². The maximum absolute atomic E-state index is 13.1. The molecule has 0 spiro atoms. The largest absolute Gasteiger partial charge is 0.392 e. The lowest BCUT2D eigenvalue weighted by molar-refractivity contribution is -0.122. The Morgan fingerprint density at radius 3 is 2.58 bits per heavy atom. The van der Waals surface area contributed by atoms with Crippen LogP contribution in [0.1, 0.15) is 18.4 Å². The van der Waals surface area contributed by atoms with E-state index in [0.717, 1.165) is 72.9 Å². The second kappa shape index (κ2) is 11.2. The first-order valence-corrected chi connectivity index (χ1v) is 12.6. The molecular formula is C28H33N5O3. The number of hydrogen-bond donors (Lipinski definition) is 2. The van der Waals surface area contributed by atoms with E-state index in [-0.39, 0.29) is 18.4 Å². The van der Waals surface area contributed by atoms with Crippen molar-refractivity contribution in [1.82, 2.24) is 15.3 Å².